The third-order valence-electron chi connectivity index (χ3n) is 1.54. The van der Waals surface area contributed by atoms with E-state index >= 15 is 0 Å². The molecule has 0 aliphatic heterocycles. The van der Waals surface area contributed by atoms with Crippen LogP contribution in [0.2, 0.25) is 0 Å². The molecule has 1 heterocycles. The molecule has 0 unspecified atom stereocenters. The van der Waals surface area contributed by atoms with Crippen molar-refractivity contribution in [3.63, 3.8) is 0 Å². The number of aromatic nitrogens is 2. The largest absolute Gasteiger partial charge is 0.327 e. The minimum atomic E-state index is -0.642. The summed E-state index contributed by atoms with van der Waals surface area (Å²) in [4.78, 5) is 37.1. The molecule has 6 heteroatoms. The smallest absolute Gasteiger partial charge is 0.312 e. The second-order valence-corrected chi connectivity index (χ2v) is 3.15. The average molecular weight is 197 g/mol. The van der Waals surface area contributed by atoms with Gasteiger partial charge in [0, 0.05) is 12.0 Å². The Bertz CT molecular complexity index is 415. The first-order chi connectivity index (χ1) is 6.49. The number of hydrogen-bond donors (Lipinski definition) is 3. The van der Waals surface area contributed by atoms with Gasteiger partial charge in [-0.05, 0) is 0 Å². The molecular weight excluding hydrogens is 186 g/mol. The van der Waals surface area contributed by atoms with Crippen LogP contribution in [0.15, 0.2) is 15.7 Å². The fourth-order valence-electron chi connectivity index (χ4n) is 0.813. The number of carbonyl (C=O) groups excluding carboxylic acids is 1. The molecule has 0 bridgehead atoms. The Morgan fingerprint density at radius 1 is 1.36 bits per heavy atom. The fourth-order valence-corrected chi connectivity index (χ4v) is 0.813. The predicted molar refractivity (Wildman–Crippen MR) is 51.2 cm³/mol. The third-order valence-corrected chi connectivity index (χ3v) is 1.54. The number of anilines is 1. The Labute approximate surface area is 79.4 Å². The van der Waals surface area contributed by atoms with Crippen LogP contribution in [0.3, 0.4) is 0 Å². The Kier molecular flexibility index (Phi) is 2.85. The van der Waals surface area contributed by atoms with E-state index in [1.165, 1.54) is 0 Å². The molecular formula is C8H11N3O3. The number of nitrogens with one attached hydrogen (secondary N) is 3. The molecule has 6 nitrogen and oxygen atoms in total. The van der Waals surface area contributed by atoms with Crippen molar-refractivity contribution in [3.8, 4) is 0 Å². The van der Waals surface area contributed by atoms with Gasteiger partial charge >= 0.3 is 5.69 Å². The molecule has 0 saturated carbocycles. The molecule has 0 radical (unpaired) electrons. The molecule has 0 spiro atoms. The molecule has 0 atom stereocenters. The van der Waals surface area contributed by atoms with E-state index in [0.29, 0.717) is 0 Å². The van der Waals surface area contributed by atoms with Crippen LogP contribution in [0.25, 0.3) is 0 Å². The highest BCUT2D eigenvalue weighted by molar-refractivity contribution is 5.90. The van der Waals surface area contributed by atoms with E-state index < -0.39 is 11.2 Å². The molecule has 1 aromatic heterocycles. The van der Waals surface area contributed by atoms with Crippen molar-refractivity contribution in [3.05, 3.63) is 26.9 Å². The summed E-state index contributed by atoms with van der Waals surface area (Å²) in [7, 11) is 0. The van der Waals surface area contributed by atoms with Gasteiger partial charge in [-0.1, -0.05) is 13.8 Å². The number of hydrogen-bond acceptors (Lipinski definition) is 3. The third kappa shape index (κ3) is 2.58. The van der Waals surface area contributed by atoms with Crippen LogP contribution in [0.5, 0.6) is 0 Å². The van der Waals surface area contributed by atoms with Gasteiger partial charge in [0.1, 0.15) is 5.82 Å². The quantitative estimate of drug-likeness (QED) is 0.605. The lowest BCUT2D eigenvalue weighted by molar-refractivity contribution is -0.118. The van der Waals surface area contributed by atoms with Gasteiger partial charge < -0.3 is 5.32 Å². The Hall–Kier alpha value is -1.85. The fraction of sp³-hybridized carbons (Fsp3) is 0.375. The lowest BCUT2D eigenvalue weighted by atomic mass is 10.2. The van der Waals surface area contributed by atoms with Gasteiger partial charge in [-0.3, -0.25) is 19.6 Å². The summed E-state index contributed by atoms with van der Waals surface area (Å²) < 4.78 is 0. The van der Waals surface area contributed by atoms with Gasteiger partial charge in [0.25, 0.3) is 5.56 Å². The molecule has 1 rings (SSSR count). The molecule has 0 aliphatic rings. The van der Waals surface area contributed by atoms with E-state index in [1.807, 2.05) is 4.98 Å². The summed E-state index contributed by atoms with van der Waals surface area (Å²) in [6.07, 6.45) is 0. The van der Waals surface area contributed by atoms with Crippen molar-refractivity contribution in [2.75, 3.05) is 5.32 Å². The first kappa shape index (κ1) is 10.2. The van der Waals surface area contributed by atoms with Gasteiger partial charge in [-0.15, -0.1) is 0 Å². The summed E-state index contributed by atoms with van der Waals surface area (Å²) in [5.41, 5.74) is -1.19. The summed E-state index contributed by atoms with van der Waals surface area (Å²) >= 11 is 0. The number of amides is 1. The molecule has 0 aliphatic carbocycles. The first-order valence-corrected chi connectivity index (χ1v) is 4.13. The molecule has 76 valence electrons. The zero-order valence-corrected chi connectivity index (χ0v) is 7.88. The minimum Gasteiger partial charge on any atom is -0.312 e. The van der Waals surface area contributed by atoms with Crippen LogP contribution >= 0.6 is 0 Å². The van der Waals surface area contributed by atoms with Crippen molar-refractivity contribution in [2.24, 2.45) is 5.92 Å². The second-order valence-electron chi connectivity index (χ2n) is 3.15. The number of rotatable bonds is 2. The summed E-state index contributed by atoms with van der Waals surface area (Å²) in [6.45, 7) is 3.42. The van der Waals surface area contributed by atoms with Crippen molar-refractivity contribution >= 4 is 11.7 Å². The molecule has 3 N–H and O–H groups in total. The molecule has 1 amide bonds. The van der Waals surface area contributed by atoms with Crippen molar-refractivity contribution in [2.45, 2.75) is 13.8 Å². The molecule has 0 saturated heterocycles. The highest BCUT2D eigenvalue weighted by Crippen LogP contribution is 1.98. The predicted octanol–water partition coefficient (Wildman–Crippen LogP) is -0.342. The van der Waals surface area contributed by atoms with E-state index in [-0.39, 0.29) is 17.6 Å². The van der Waals surface area contributed by atoms with E-state index in [0.717, 1.165) is 6.07 Å². The van der Waals surface area contributed by atoms with E-state index in [9.17, 15) is 14.4 Å². The zero-order valence-electron chi connectivity index (χ0n) is 7.88. The first-order valence-electron chi connectivity index (χ1n) is 4.13. The second kappa shape index (κ2) is 3.91. The normalized spacial score (nSPS) is 10.2. The van der Waals surface area contributed by atoms with Gasteiger partial charge in [0.2, 0.25) is 5.91 Å². The maximum atomic E-state index is 11.2. The summed E-state index contributed by atoms with van der Waals surface area (Å²) in [5.74, 6) is -0.360. The maximum absolute atomic E-state index is 11.2. The topological polar surface area (TPSA) is 94.8 Å². The Morgan fingerprint density at radius 2 is 2.00 bits per heavy atom. The SMILES string of the molecule is CC(C)C(=O)Nc1cc(=O)[nH]c(=O)[nH]1. The zero-order chi connectivity index (χ0) is 10.7. The lowest BCUT2D eigenvalue weighted by Crippen LogP contribution is -2.26. The highest BCUT2D eigenvalue weighted by Gasteiger charge is 2.07. The molecule has 0 aromatic carbocycles. The average Bonchev–Trinajstić information content (AvgIpc) is 2.01. The minimum absolute atomic E-state index is 0.109. The van der Waals surface area contributed by atoms with Crippen molar-refractivity contribution in [1.29, 1.82) is 0 Å². The van der Waals surface area contributed by atoms with Crippen LogP contribution < -0.4 is 16.6 Å². The van der Waals surface area contributed by atoms with Crippen LogP contribution in [0.4, 0.5) is 5.82 Å². The number of H-pyrrole nitrogens is 2. The van der Waals surface area contributed by atoms with Crippen LogP contribution in [0, 0.1) is 5.92 Å². The van der Waals surface area contributed by atoms with Gasteiger partial charge in [0.15, 0.2) is 0 Å². The molecule has 1 aromatic rings. The van der Waals surface area contributed by atoms with Gasteiger partial charge in [0.05, 0.1) is 0 Å². The Balaban J connectivity index is 2.93. The monoisotopic (exact) mass is 197 g/mol. The Morgan fingerprint density at radius 3 is 2.50 bits per heavy atom. The maximum Gasteiger partial charge on any atom is 0.327 e. The van der Waals surface area contributed by atoms with Crippen LogP contribution in [0.1, 0.15) is 13.8 Å². The van der Waals surface area contributed by atoms with Crippen molar-refractivity contribution in [1.82, 2.24) is 9.97 Å². The van der Waals surface area contributed by atoms with E-state index in [2.05, 4.69) is 10.3 Å². The molecule has 14 heavy (non-hydrogen) atoms. The van der Waals surface area contributed by atoms with E-state index in [1.54, 1.807) is 13.8 Å². The van der Waals surface area contributed by atoms with Crippen LogP contribution in [-0.4, -0.2) is 15.9 Å². The van der Waals surface area contributed by atoms with E-state index in [4.69, 9.17) is 0 Å². The standard InChI is InChI=1S/C8H11N3O3/c1-4(2)7(13)9-5-3-6(12)11-8(14)10-5/h3-4H,1-2H3,(H3,9,10,11,12,13,14). The summed E-state index contributed by atoms with van der Waals surface area (Å²) in [6, 6.07) is 1.11. The molecule has 0 fully saturated rings. The highest BCUT2D eigenvalue weighted by atomic mass is 16.2. The number of aromatic amines is 2. The van der Waals surface area contributed by atoms with Gasteiger partial charge in [-0.25, -0.2) is 4.79 Å². The van der Waals surface area contributed by atoms with Gasteiger partial charge in [-0.2, -0.15) is 0 Å². The lowest BCUT2D eigenvalue weighted by Gasteiger charge is -2.05. The number of carbonyl (C=O) groups is 1. The van der Waals surface area contributed by atoms with Crippen molar-refractivity contribution < 1.29 is 4.79 Å². The summed E-state index contributed by atoms with van der Waals surface area (Å²) in [5, 5.41) is 2.41. The van der Waals surface area contributed by atoms with Crippen LogP contribution in [-0.2, 0) is 4.79 Å².